The van der Waals surface area contributed by atoms with Crippen molar-refractivity contribution >= 4 is 16.9 Å². The van der Waals surface area contributed by atoms with Crippen LogP contribution in [0.3, 0.4) is 0 Å². The lowest BCUT2D eigenvalue weighted by molar-refractivity contribution is -0.149. The lowest BCUT2D eigenvalue weighted by Crippen LogP contribution is -2.48. The molecule has 194 valence electrons. The first-order valence-electron chi connectivity index (χ1n) is 12.7. The molecule has 1 fully saturated rings. The van der Waals surface area contributed by atoms with Crippen LogP contribution in [-0.4, -0.2) is 59.5 Å². The lowest BCUT2D eigenvalue weighted by atomic mass is 9.89. The Kier molecular flexibility index (Phi) is 6.72. The van der Waals surface area contributed by atoms with Crippen LogP contribution in [0.1, 0.15) is 43.5 Å². The van der Waals surface area contributed by atoms with Crippen LogP contribution < -0.4 is 0 Å². The van der Waals surface area contributed by atoms with Crippen molar-refractivity contribution < 1.29 is 19.4 Å². The van der Waals surface area contributed by atoms with Gasteiger partial charge >= 0.3 is 0 Å². The van der Waals surface area contributed by atoms with Crippen LogP contribution in [0.5, 0.6) is 5.88 Å². The maximum Gasteiger partial charge on any atom is 0.253 e. The summed E-state index contributed by atoms with van der Waals surface area (Å²) < 4.78 is 14.8. The van der Waals surface area contributed by atoms with Gasteiger partial charge in [-0.1, -0.05) is 24.3 Å². The number of hydrogen-bond donors (Lipinski definition) is 3. The molecule has 0 radical (unpaired) electrons. The van der Waals surface area contributed by atoms with Gasteiger partial charge in [0.25, 0.3) is 5.91 Å². The first-order chi connectivity index (χ1) is 17.7. The fraction of sp³-hybridized carbons (Fsp3) is 0.393. The highest BCUT2D eigenvalue weighted by Crippen LogP contribution is 2.31. The molecule has 9 heteroatoms. The Morgan fingerprint density at radius 3 is 2.49 bits per heavy atom. The first-order valence-corrected chi connectivity index (χ1v) is 12.7. The Hall–Kier alpha value is -3.72. The fourth-order valence-electron chi connectivity index (χ4n) is 5.01. The number of aromatic amines is 1. The van der Waals surface area contributed by atoms with Crippen LogP contribution in [0.4, 0.5) is 4.39 Å². The van der Waals surface area contributed by atoms with Gasteiger partial charge in [0, 0.05) is 18.7 Å². The van der Waals surface area contributed by atoms with E-state index in [0.29, 0.717) is 38.3 Å². The van der Waals surface area contributed by atoms with Crippen LogP contribution in [0.25, 0.3) is 17.0 Å². The van der Waals surface area contributed by atoms with Gasteiger partial charge in [0.1, 0.15) is 11.4 Å². The summed E-state index contributed by atoms with van der Waals surface area (Å²) in [6.45, 7) is 4.19. The zero-order valence-electron chi connectivity index (χ0n) is 21.1. The first kappa shape index (κ1) is 25.0. The van der Waals surface area contributed by atoms with Crippen LogP contribution in [0.2, 0.25) is 0 Å². The highest BCUT2D eigenvalue weighted by atomic mass is 19.1. The molecule has 0 bridgehead atoms. The van der Waals surface area contributed by atoms with Crippen molar-refractivity contribution in [2.75, 3.05) is 13.1 Å². The number of carbonyl (C=O) groups is 1. The lowest BCUT2D eigenvalue weighted by Gasteiger charge is -2.35. The summed E-state index contributed by atoms with van der Waals surface area (Å²) in [7, 11) is 0. The largest absolute Gasteiger partial charge is 0.493 e. The summed E-state index contributed by atoms with van der Waals surface area (Å²) >= 11 is 0. The van der Waals surface area contributed by atoms with Crippen molar-refractivity contribution in [2.45, 2.75) is 51.6 Å². The molecule has 1 saturated heterocycles. The van der Waals surface area contributed by atoms with E-state index in [4.69, 9.17) is 5.10 Å². The van der Waals surface area contributed by atoms with E-state index < -0.39 is 5.60 Å². The van der Waals surface area contributed by atoms with E-state index in [-0.39, 0.29) is 23.5 Å². The molecule has 3 heterocycles. The number of rotatable bonds is 7. The van der Waals surface area contributed by atoms with E-state index in [1.54, 1.807) is 17.0 Å². The molecule has 0 atom stereocenters. The van der Waals surface area contributed by atoms with Gasteiger partial charge in [0.2, 0.25) is 11.8 Å². The van der Waals surface area contributed by atoms with Crippen LogP contribution in [0, 0.1) is 11.7 Å². The summed E-state index contributed by atoms with van der Waals surface area (Å²) in [5.74, 6) is 0.246. The monoisotopic (exact) mass is 505 g/mol. The minimum Gasteiger partial charge on any atom is -0.493 e. The molecule has 5 rings (SSSR count). The van der Waals surface area contributed by atoms with E-state index in [1.165, 1.54) is 30.7 Å². The number of aryl methyl sites for hydroxylation is 1. The van der Waals surface area contributed by atoms with Gasteiger partial charge < -0.3 is 20.1 Å². The molecule has 1 amide bonds. The zero-order valence-corrected chi connectivity index (χ0v) is 21.1. The minimum absolute atomic E-state index is 0.0470. The fourth-order valence-corrected chi connectivity index (χ4v) is 5.01. The number of piperidine rings is 1. The number of nitrogens with zero attached hydrogens (tertiary/aromatic N) is 4. The van der Waals surface area contributed by atoms with Crippen LogP contribution in [0.15, 0.2) is 48.5 Å². The van der Waals surface area contributed by atoms with E-state index in [1.807, 2.05) is 24.3 Å². The van der Waals surface area contributed by atoms with Gasteiger partial charge in [-0.3, -0.25) is 4.79 Å². The predicted molar refractivity (Wildman–Crippen MR) is 138 cm³/mol. The van der Waals surface area contributed by atoms with E-state index in [0.717, 1.165) is 40.7 Å². The Morgan fingerprint density at radius 1 is 1.11 bits per heavy atom. The highest BCUT2D eigenvalue weighted by molar-refractivity contribution is 5.84. The number of amides is 1. The van der Waals surface area contributed by atoms with Gasteiger partial charge in [-0.25, -0.2) is 9.37 Å². The molecule has 1 aliphatic heterocycles. The number of fused-ring (bicyclic) bond motifs is 1. The second-order valence-corrected chi connectivity index (χ2v) is 10.4. The molecule has 4 aromatic rings. The van der Waals surface area contributed by atoms with Gasteiger partial charge in [0.05, 0.1) is 16.7 Å². The standard InChI is InChI=1S/C28H32FN5O3/c1-28(2,37)26(36)33-15-13-19(14-16-33)17-24-21(12-9-18-7-10-20(29)11-8-18)25(35)34(32-24)27-30-22-5-3-4-6-23(22)31-27/h3-8,10-11,19,35,37H,9,12-17H2,1-2H3,(H,30,31). The van der Waals surface area contributed by atoms with E-state index in [9.17, 15) is 19.4 Å². The summed E-state index contributed by atoms with van der Waals surface area (Å²) in [6, 6.07) is 14.0. The molecule has 8 nitrogen and oxygen atoms in total. The minimum atomic E-state index is -1.38. The third kappa shape index (κ3) is 5.36. The number of halogens is 1. The number of likely N-dealkylation sites (tertiary alicyclic amines) is 1. The maximum absolute atomic E-state index is 13.4. The molecule has 1 aliphatic rings. The van der Waals surface area contributed by atoms with Crippen molar-refractivity contribution in [3.05, 3.63) is 71.2 Å². The van der Waals surface area contributed by atoms with Gasteiger partial charge in [-0.15, -0.1) is 0 Å². The average molecular weight is 506 g/mol. The number of benzene rings is 2. The SMILES string of the molecule is CC(C)(O)C(=O)N1CCC(Cc2nn(-c3nc4ccccc4[nH]3)c(O)c2CCc2ccc(F)cc2)CC1. The summed E-state index contributed by atoms with van der Waals surface area (Å²) in [5.41, 5.74) is 2.78. The third-order valence-electron chi connectivity index (χ3n) is 7.10. The number of aromatic nitrogens is 4. The van der Waals surface area contributed by atoms with Gasteiger partial charge in [-0.05, 0) is 81.7 Å². The van der Waals surface area contributed by atoms with Crippen LogP contribution in [-0.2, 0) is 24.1 Å². The number of imidazole rings is 1. The van der Waals surface area contributed by atoms with E-state index >= 15 is 0 Å². The Bertz CT molecular complexity index is 1360. The second-order valence-electron chi connectivity index (χ2n) is 10.4. The van der Waals surface area contributed by atoms with Crippen molar-refractivity contribution in [1.82, 2.24) is 24.6 Å². The molecule has 2 aromatic heterocycles. The smallest absolute Gasteiger partial charge is 0.253 e. The molecule has 2 aromatic carbocycles. The Balaban J connectivity index is 1.39. The number of aromatic hydroxyl groups is 1. The van der Waals surface area contributed by atoms with Crippen molar-refractivity contribution in [2.24, 2.45) is 5.92 Å². The average Bonchev–Trinajstić information content (AvgIpc) is 3.44. The number of nitrogens with one attached hydrogen (secondary N) is 1. The molecule has 0 unspecified atom stereocenters. The summed E-state index contributed by atoms with van der Waals surface area (Å²) in [5, 5.41) is 26.1. The van der Waals surface area contributed by atoms with Gasteiger partial charge in [0.15, 0.2) is 0 Å². The molecule has 0 aliphatic carbocycles. The predicted octanol–water partition coefficient (Wildman–Crippen LogP) is 3.93. The molecular weight excluding hydrogens is 473 g/mol. The highest BCUT2D eigenvalue weighted by Gasteiger charge is 2.33. The number of aliphatic hydroxyl groups is 1. The number of carbonyl (C=O) groups excluding carboxylic acids is 1. The van der Waals surface area contributed by atoms with E-state index in [2.05, 4.69) is 9.97 Å². The normalized spacial score (nSPS) is 15.0. The molecule has 0 saturated carbocycles. The van der Waals surface area contributed by atoms with Crippen LogP contribution >= 0.6 is 0 Å². The third-order valence-corrected chi connectivity index (χ3v) is 7.10. The van der Waals surface area contributed by atoms with Gasteiger partial charge in [-0.2, -0.15) is 9.78 Å². The zero-order chi connectivity index (χ0) is 26.2. The molecule has 37 heavy (non-hydrogen) atoms. The Labute approximate surface area is 214 Å². The number of para-hydroxylation sites is 2. The maximum atomic E-state index is 13.4. The summed E-state index contributed by atoms with van der Waals surface area (Å²) in [4.78, 5) is 22.0. The molecule has 3 N–H and O–H groups in total. The number of H-pyrrole nitrogens is 1. The molecule has 0 spiro atoms. The number of hydrogen-bond acceptors (Lipinski definition) is 5. The molecular formula is C28H32FN5O3. The quantitative estimate of drug-likeness (QED) is 0.353. The topological polar surface area (TPSA) is 107 Å². The van der Waals surface area contributed by atoms with Crippen molar-refractivity contribution in [3.8, 4) is 11.8 Å². The summed E-state index contributed by atoms with van der Waals surface area (Å²) in [6.07, 6.45) is 3.41. The second kappa shape index (κ2) is 9.97. The van der Waals surface area contributed by atoms with Crippen molar-refractivity contribution in [3.63, 3.8) is 0 Å². The Morgan fingerprint density at radius 2 is 1.81 bits per heavy atom. The van der Waals surface area contributed by atoms with Crippen molar-refractivity contribution in [1.29, 1.82) is 0 Å².